The lowest BCUT2D eigenvalue weighted by Gasteiger charge is -2.09. The number of hydrogen-bond donors (Lipinski definition) is 1. The molecule has 0 amide bonds. The lowest BCUT2D eigenvalue weighted by atomic mass is 10.2. The summed E-state index contributed by atoms with van der Waals surface area (Å²) >= 11 is 0. The van der Waals surface area contributed by atoms with E-state index in [0.29, 0.717) is 36.4 Å². The maximum Gasteiger partial charge on any atom is 0.247 e. The molecular weight excluding hydrogens is 334 g/mol. The molecule has 136 valence electrons. The number of ether oxygens (including phenoxy) is 3. The Labute approximate surface area is 151 Å². The van der Waals surface area contributed by atoms with E-state index in [4.69, 9.17) is 18.6 Å². The van der Waals surface area contributed by atoms with Crippen LogP contribution in [0.1, 0.15) is 11.5 Å². The molecule has 1 aromatic heterocycles. The van der Waals surface area contributed by atoms with Gasteiger partial charge < -0.3 is 23.9 Å². The van der Waals surface area contributed by atoms with Crippen LogP contribution in [0.5, 0.6) is 17.2 Å². The van der Waals surface area contributed by atoms with Gasteiger partial charge in [-0.1, -0.05) is 12.1 Å². The minimum Gasteiger partial charge on any atom is -0.497 e. The molecule has 3 aromatic rings. The molecule has 7 nitrogen and oxygen atoms in total. The highest BCUT2D eigenvalue weighted by atomic mass is 16.5. The SMILES string of the molecule is COc1cccc(-c2nnc(CNCc3ccc(OC)c(OC)c3)o2)c1. The van der Waals surface area contributed by atoms with E-state index in [-0.39, 0.29) is 0 Å². The molecule has 0 saturated carbocycles. The molecule has 2 aromatic carbocycles. The Morgan fingerprint density at radius 1 is 0.885 bits per heavy atom. The molecule has 0 atom stereocenters. The highest BCUT2D eigenvalue weighted by Gasteiger charge is 2.10. The van der Waals surface area contributed by atoms with Crippen molar-refractivity contribution in [3.05, 3.63) is 53.9 Å². The molecule has 0 fully saturated rings. The summed E-state index contributed by atoms with van der Waals surface area (Å²) in [5, 5.41) is 11.4. The monoisotopic (exact) mass is 355 g/mol. The Kier molecular flexibility index (Phi) is 5.70. The van der Waals surface area contributed by atoms with Gasteiger partial charge in [0.1, 0.15) is 5.75 Å². The molecule has 1 N–H and O–H groups in total. The van der Waals surface area contributed by atoms with Crippen molar-refractivity contribution in [1.82, 2.24) is 15.5 Å². The van der Waals surface area contributed by atoms with Crippen LogP contribution in [0.3, 0.4) is 0 Å². The summed E-state index contributed by atoms with van der Waals surface area (Å²) in [5.41, 5.74) is 1.89. The minimum absolute atomic E-state index is 0.464. The molecule has 0 spiro atoms. The molecule has 1 heterocycles. The largest absolute Gasteiger partial charge is 0.497 e. The molecule has 0 aliphatic carbocycles. The van der Waals surface area contributed by atoms with Gasteiger partial charge in [-0.2, -0.15) is 0 Å². The fourth-order valence-electron chi connectivity index (χ4n) is 2.50. The van der Waals surface area contributed by atoms with Crippen molar-refractivity contribution in [1.29, 1.82) is 0 Å². The van der Waals surface area contributed by atoms with Gasteiger partial charge in [-0.3, -0.25) is 0 Å². The summed E-state index contributed by atoms with van der Waals surface area (Å²) in [4.78, 5) is 0. The summed E-state index contributed by atoms with van der Waals surface area (Å²) in [6, 6.07) is 13.3. The number of methoxy groups -OCH3 is 3. The second-order valence-corrected chi connectivity index (χ2v) is 5.53. The molecule has 7 heteroatoms. The van der Waals surface area contributed by atoms with Crippen molar-refractivity contribution in [3.8, 4) is 28.7 Å². The minimum atomic E-state index is 0.464. The van der Waals surface area contributed by atoms with Gasteiger partial charge in [-0.25, -0.2) is 0 Å². The third kappa shape index (κ3) is 4.12. The van der Waals surface area contributed by atoms with Crippen molar-refractivity contribution in [2.45, 2.75) is 13.1 Å². The second kappa shape index (κ2) is 8.35. The summed E-state index contributed by atoms with van der Waals surface area (Å²) in [7, 11) is 4.86. The van der Waals surface area contributed by atoms with Crippen LogP contribution in [-0.4, -0.2) is 31.5 Å². The fraction of sp³-hybridized carbons (Fsp3) is 0.263. The van der Waals surface area contributed by atoms with E-state index in [1.165, 1.54) is 0 Å². The first kappa shape index (κ1) is 17.8. The van der Waals surface area contributed by atoms with Crippen LogP contribution in [0.2, 0.25) is 0 Å². The number of rotatable bonds is 8. The molecule has 0 aliphatic rings. The van der Waals surface area contributed by atoms with Crippen LogP contribution in [-0.2, 0) is 13.1 Å². The fourth-order valence-corrected chi connectivity index (χ4v) is 2.50. The van der Waals surface area contributed by atoms with E-state index in [0.717, 1.165) is 16.9 Å². The van der Waals surface area contributed by atoms with E-state index in [2.05, 4.69) is 15.5 Å². The number of benzene rings is 2. The lowest BCUT2D eigenvalue weighted by molar-refractivity contribution is 0.354. The summed E-state index contributed by atoms with van der Waals surface area (Å²) < 4.78 is 21.5. The predicted octanol–water partition coefficient (Wildman–Crippen LogP) is 3.05. The van der Waals surface area contributed by atoms with Crippen molar-refractivity contribution < 1.29 is 18.6 Å². The molecule has 0 bridgehead atoms. The first-order valence-corrected chi connectivity index (χ1v) is 8.12. The first-order chi connectivity index (χ1) is 12.7. The smallest absolute Gasteiger partial charge is 0.247 e. The third-order valence-electron chi connectivity index (χ3n) is 3.84. The summed E-state index contributed by atoms with van der Waals surface area (Å²) in [6.07, 6.45) is 0. The Morgan fingerprint density at radius 3 is 2.50 bits per heavy atom. The standard InChI is InChI=1S/C19H21N3O4/c1-23-15-6-4-5-14(10-15)19-22-21-18(26-19)12-20-11-13-7-8-16(24-2)17(9-13)25-3/h4-10,20H,11-12H2,1-3H3. The van der Waals surface area contributed by atoms with E-state index in [1.807, 2.05) is 42.5 Å². The van der Waals surface area contributed by atoms with E-state index in [9.17, 15) is 0 Å². The van der Waals surface area contributed by atoms with Crippen molar-refractivity contribution in [2.75, 3.05) is 21.3 Å². The molecule has 26 heavy (non-hydrogen) atoms. The topological polar surface area (TPSA) is 78.6 Å². The van der Waals surface area contributed by atoms with Crippen LogP contribution in [0.25, 0.3) is 11.5 Å². The first-order valence-electron chi connectivity index (χ1n) is 8.12. The average Bonchev–Trinajstić information content (AvgIpc) is 3.17. The quantitative estimate of drug-likeness (QED) is 0.665. The van der Waals surface area contributed by atoms with Gasteiger partial charge in [0.05, 0.1) is 27.9 Å². The highest BCUT2D eigenvalue weighted by molar-refractivity contribution is 5.55. The normalized spacial score (nSPS) is 10.6. The van der Waals surface area contributed by atoms with Crippen LogP contribution in [0, 0.1) is 0 Å². The Morgan fingerprint density at radius 2 is 1.73 bits per heavy atom. The lowest BCUT2D eigenvalue weighted by Crippen LogP contribution is -2.13. The maximum absolute atomic E-state index is 5.70. The summed E-state index contributed by atoms with van der Waals surface area (Å²) in [5.74, 6) is 3.13. The molecule has 0 aliphatic heterocycles. The van der Waals surface area contributed by atoms with E-state index in [1.54, 1.807) is 21.3 Å². The maximum atomic E-state index is 5.70. The van der Waals surface area contributed by atoms with Crippen molar-refractivity contribution >= 4 is 0 Å². The van der Waals surface area contributed by atoms with Gasteiger partial charge in [0.15, 0.2) is 11.5 Å². The van der Waals surface area contributed by atoms with E-state index < -0.39 is 0 Å². The third-order valence-corrected chi connectivity index (χ3v) is 3.84. The van der Waals surface area contributed by atoms with Crippen molar-refractivity contribution in [3.63, 3.8) is 0 Å². The number of hydrogen-bond acceptors (Lipinski definition) is 7. The van der Waals surface area contributed by atoms with Gasteiger partial charge in [-0.05, 0) is 35.9 Å². The van der Waals surface area contributed by atoms with Crippen molar-refractivity contribution in [2.24, 2.45) is 0 Å². The predicted molar refractivity (Wildman–Crippen MR) is 96.4 cm³/mol. The Bertz CT molecular complexity index is 863. The van der Waals surface area contributed by atoms with Gasteiger partial charge in [0.25, 0.3) is 0 Å². The van der Waals surface area contributed by atoms with Crippen LogP contribution in [0.15, 0.2) is 46.9 Å². The van der Waals surface area contributed by atoms with Crippen LogP contribution < -0.4 is 19.5 Å². The average molecular weight is 355 g/mol. The zero-order chi connectivity index (χ0) is 18.4. The van der Waals surface area contributed by atoms with Crippen LogP contribution >= 0.6 is 0 Å². The molecule has 3 rings (SSSR count). The van der Waals surface area contributed by atoms with Gasteiger partial charge >= 0.3 is 0 Å². The molecule has 0 unspecified atom stereocenters. The zero-order valence-electron chi connectivity index (χ0n) is 15.0. The van der Waals surface area contributed by atoms with Gasteiger partial charge in [-0.15, -0.1) is 10.2 Å². The second-order valence-electron chi connectivity index (χ2n) is 5.53. The molecular formula is C19H21N3O4. The Balaban J connectivity index is 1.60. The van der Waals surface area contributed by atoms with Crippen LogP contribution in [0.4, 0.5) is 0 Å². The number of aromatic nitrogens is 2. The zero-order valence-corrected chi connectivity index (χ0v) is 15.0. The molecule has 0 radical (unpaired) electrons. The van der Waals surface area contributed by atoms with E-state index >= 15 is 0 Å². The molecule has 0 saturated heterocycles. The number of nitrogens with zero attached hydrogens (tertiary/aromatic N) is 2. The Hall–Kier alpha value is -3.06. The highest BCUT2D eigenvalue weighted by Crippen LogP contribution is 2.27. The number of nitrogens with one attached hydrogen (secondary N) is 1. The summed E-state index contributed by atoms with van der Waals surface area (Å²) in [6.45, 7) is 1.10. The van der Waals surface area contributed by atoms with Gasteiger partial charge in [0.2, 0.25) is 11.8 Å². The van der Waals surface area contributed by atoms with Gasteiger partial charge in [0, 0.05) is 12.1 Å².